The number of carbonyl (C=O) groups is 1. The maximum absolute atomic E-state index is 11.3. The molecule has 16 heavy (non-hydrogen) atoms. The minimum Gasteiger partial charge on any atom is -0.434 e. The van der Waals surface area contributed by atoms with Gasteiger partial charge in [0.1, 0.15) is 0 Å². The van der Waals surface area contributed by atoms with Crippen LogP contribution in [0.1, 0.15) is 0 Å². The summed E-state index contributed by atoms with van der Waals surface area (Å²) >= 11 is 0. The van der Waals surface area contributed by atoms with Crippen molar-refractivity contribution in [3.05, 3.63) is 52.4 Å². The van der Waals surface area contributed by atoms with Gasteiger partial charge in [-0.3, -0.25) is 14.9 Å². The van der Waals surface area contributed by atoms with Crippen molar-refractivity contribution >= 4 is 11.7 Å². The van der Waals surface area contributed by atoms with Crippen LogP contribution < -0.4 is 0 Å². The third-order valence-corrected chi connectivity index (χ3v) is 1.86. The zero-order chi connectivity index (χ0) is 12.1. The number of nitro groups is 1. The lowest BCUT2D eigenvalue weighted by molar-refractivity contribution is -0.419. The predicted octanol–water partition coefficient (Wildman–Crippen LogP) is 0.690. The second kappa shape index (κ2) is 4.81. The molecule has 1 unspecified atom stereocenters. The summed E-state index contributed by atoms with van der Waals surface area (Å²) in [4.78, 5) is 24.0. The molecule has 82 valence electrons. The highest BCUT2D eigenvalue weighted by atomic mass is 16.6. The molecule has 0 aromatic carbocycles. The largest absolute Gasteiger partial charge is 0.434 e. The molecular formula is C9H7N3O4. The van der Waals surface area contributed by atoms with Gasteiger partial charge in [0, 0.05) is 18.2 Å². The molecule has 0 bridgehead atoms. The normalized spacial score (nSPS) is 18.4. The molecule has 0 aliphatic heterocycles. The van der Waals surface area contributed by atoms with E-state index in [4.69, 9.17) is 5.53 Å². The Morgan fingerprint density at radius 1 is 1.69 bits per heavy atom. The first kappa shape index (κ1) is 11.5. The van der Waals surface area contributed by atoms with Gasteiger partial charge in [-0.1, -0.05) is 6.58 Å². The summed E-state index contributed by atoms with van der Waals surface area (Å²) in [6, 6.07) is 0. The fourth-order valence-corrected chi connectivity index (χ4v) is 1.15. The fraction of sp³-hybridized carbons (Fsp3) is 0.111. The third kappa shape index (κ3) is 2.28. The molecular weight excluding hydrogens is 214 g/mol. The van der Waals surface area contributed by atoms with Gasteiger partial charge in [-0.25, -0.2) is 0 Å². The number of hydrogen-bond donors (Lipinski definition) is 0. The molecule has 0 radical (unpaired) electrons. The SMILES string of the molecule is C=COC(=O)C1C=C([N+](=O)[O-])C=CC1=[N+]=[N-]. The van der Waals surface area contributed by atoms with Gasteiger partial charge in [0.15, 0.2) is 5.92 Å². The van der Waals surface area contributed by atoms with E-state index in [1.807, 2.05) is 0 Å². The van der Waals surface area contributed by atoms with Crippen LogP contribution in [0.25, 0.3) is 5.53 Å². The first-order valence-electron chi connectivity index (χ1n) is 4.17. The number of carbonyl (C=O) groups excluding carboxylic acids is 1. The molecule has 0 fully saturated rings. The van der Waals surface area contributed by atoms with Crippen LogP contribution in [0.5, 0.6) is 0 Å². The van der Waals surface area contributed by atoms with Crippen molar-refractivity contribution in [3.8, 4) is 0 Å². The molecule has 0 spiro atoms. The van der Waals surface area contributed by atoms with E-state index in [9.17, 15) is 14.9 Å². The van der Waals surface area contributed by atoms with Crippen molar-refractivity contribution in [2.24, 2.45) is 5.92 Å². The summed E-state index contributed by atoms with van der Waals surface area (Å²) < 4.78 is 4.47. The Morgan fingerprint density at radius 3 is 2.88 bits per heavy atom. The smallest absolute Gasteiger partial charge is 0.329 e. The number of rotatable bonds is 3. The summed E-state index contributed by atoms with van der Waals surface area (Å²) in [5.74, 6) is -1.90. The van der Waals surface area contributed by atoms with Crippen LogP contribution in [0.2, 0.25) is 0 Å². The number of hydrogen-bond acceptors (Lipinski definition) is 4. The first-order chi connectivity index (χ1) is 7.60. The fourth-order valence-electron chi connectivity index (χ4n) is 1.15. The zero-order valence-corrected chi connectivity index (χ0v) is 8.07. The lowest BCUT2D eigenvalue weighted by Gasteiger charge is -2.06. The third-order valence-electron chi connectivity index (χ3n) is 1.86. The van der Waals surface area contributed by atoms with Crippen molar-refractivity contribution in [3.63, 3.8) is 0 Å². The summed E-state index contributed by atoms with van der Waals surface area (Å²) in [7, 11) is 0. The average molecular weight is 221 g/mol. The topological polar surface area (TPSA) is 106 Å². The second-order valence-corrected chi connectivity index (χ2v) is 2.79. The molecule has 0 saturated carbocycles. The van der Waals surface area contributed by atoms with Crippen LogP contribution in [0, 0.1) is 16.0 Å². The van der Waals surface area contributed by atoms with E-state index in [2.05, 4.69) is 16.1 Å². The highest BCUT2D eigenvalue weighted by molar-refractivity contribution is 6.08. The number of esters is 1. The summed E-state index contributed by atoms with van der Waals surface area (Å²) in [5.41, 5.74) is 8.31. The van der Waals surface area contributed by atoms with Crippen molar-refractivity contribution in [2.75, 3.05) is 0 Å². The molecule has 0 heterocycles. The summed E-state index contributed by atoms with van der Waals surface area (Å²) in [6.45, 7) is 3.18. The van der Waals surface area contributed by atoms with Crippen LogP contribution in [0.4, 0.5) is 0 Å². The van der Waals surface area contributed by atoms with E-state index in [-0.39, 0.29) is 11.4 Å². The average Bonchev–Trinajstić information content (AvgIpc) is 2.28. The zero-order valence-electron chi connectivity index (χ0n) is 8.07. The van der Waals surface area contributed by atoms with E-state index in [1.54, 1.807) is 0 Å². The quantitative estimate of drug-likeness (QED) is 0.174. The molecule has 1 rings (SSSR count). The van der Waals surface area contributed by atoms with Crippen molar-refractivity contribution in [1.29, 1.82) is 0 Å². The van der Waals surface area contributed by atoms with Crippen LogP contribution >= 0.6 is 0 Å². The van der Waals surface area contributed by atoms with Crippen LogP contribution in [0.3, 0.4) is 0 Å². The van der Waals surface area contributed by atoms with Gasteiger partial charge in [-0.2, -0.15) is 4.79 Å². The standard InChI is InChI=1S/C9H7N3O4/c1-2-16-9(13)7-5-6(12(14)15)3-4-8(7)11-10/h2-5,7H,1H2. The van der Waals surface area contributed by atoms with Gasteiger partial charge in [0.05, 0.1) is 11.2 Å². The van der Waals surface area contributed by atoms with Gasteiger partial charge in [-0.15, -0.1) is 0 Å². The number of nitrogens with zero attached hydrogens (tertiary/aromatic N) is 3. The Bertz CT molecular complexity index is 457. The second-order valence-electron chi connectivity index (χ2n) is 2.79. The molecule has 1 aliphatic carbocycles. The van der Waals surface area contributed by atoms with Gasteiger partial charge in [-0.05, 0) is 0 Å². The minimum absolute atomic E-state index is 0.0301. The van der Waals surface area contributed by atoms with Crippen LogP contribution in [-0.2, 0) is 9.53 Å². The molecule has 7 nitrogen and oxygen atoms in total. The monoisotopic (exact) mass is 221 g/mol. The number of ether oxygens (including phenoxy) is 1. The molecule has 1 aliphatic rings. The van der Waals surface area contributed by atoms with Gasteiger partial charge in [0.2, 0.25) is 0 Å². The minimum atomic E-state index is -1.10. The van der Waals surface area contributed by atoms with E-state index in [0.717, 1.165) is 18.4 Å². The molecule has 0 N–H and O–H groups in total. The summed E-state index contributed by atoms with van der Waals surface area (Å²) in [6.07, 6.45) is 4.25. The highest BCUT2D eigenvalue weighted by Crippen LogP contribution is 2.15. The molecule has 0 aromatic heterocycles. The van der Waals surface area contributed by atoms with E-state index in [1.165, 1.54) is 6.08 Å². The molecule has 1 atom stereocenters. The van der Waals surface area contributed by atoms with Gasteiger partial charge >= 0.3 is 11.7 Å². The van der Waals surface area contributed by atoms with Crippen LogP contribution in [-0.4, -0.2) is 21.4 Å². The van der Waals surface area contributed by atoms with E-state index in [0.29, 0.717) is 0 Å². The highest BCUT2D eigenvalue weighted by Gasteiger charge is 2.34. The molecule has 0 saturated heterocycles. The molecule has 7 heteroatoms. The molecule has 0 aromatic rings. The van der Waals surface area contributed by atoms with Crippen molar-refractivity contribution in [2.45, 2.75) is 0 Å². The first-order valence-corrected chi connectivity index (χ1v) is 4.17. The van der Waals surface area contributed by atoms with Gasteiger partial charge < -0.3 is 10.3 Å². The Hall–Kier alpha value is -2.53. The lowest BCUT2D eigenvalue weighted by atomic mass is 9.97. The van der Waals surface area contributed by atoms with Crippen molar-refractivity contribution in [1.82, 2.24) is 0 Å². The predicted molar refractivity (Wildman–Crippen MR) is 52.6 cm³/mol. The Morgan fingerprint density at radius 2 is 2.38 bits per heavy atom. The lowest BCUT2D eigenvalue weighted by Crippen LogP contribution is -2.25. The van der Waals surface area contributed by atoms with E-state index < -0.39 is 16.8 Å². The van der Waals surface area contributed by atoms with Crippen LogP contribution in [0.15, 0.2) is 36.8 Å². The Labute approximate surface area is 90.1 Å². The molecule has 0 amide bonds. The maximum Gasteiger partial charge on any atom is 0.329 e. The van der Waals surface area contributed by atoms with Crippen molar-refractivity contribution < 1.29 is 19.2 Å². The summed E-state index contributed by atoms with van der Waals surface area (Å²) in [5, 5.41) is 10.5. The maximum atomic E-state index is 11.3. The Kier molecular flexibility index (Phi) is 3.47. The number of allylic oxidation sites excluding steroid dienone is 2. The van der Waals surface area contributed by atoms with E-state index >= 15 is 0 Å². The Balaban J connectivity index is 3.07. The van der Waals surface area contributed by atoms with Gasteiger partial charge in [0.25, 0.3) is 5.70 Å².